The first kappa shape index (κ1) is 8.49. The second kappa shape index (κ2) is 2.83. The molecule has 0 aliphatic heterocycles. The lowest BCUT2D eigenvalue weighted by Crippen LogP contribution is -2.21. The summed E-state index contributed by atoms with van der Waals surface area (Å²) in [6, 6.07) is 8.96. The van der Waals surface area contributed by atoms with Crippen molar-refractivity contribution in [3.63, 3.8) is 0 Å². The molecule has 0 bridgehead atoms. The predicted octanol–water partition coefficient (Wildman–Crippen LogP) is 2.24. The van der Waals surface area contributed by atoms with E-state index in [0.29, 0.717) is 5.41 Å². The van der Waals surface area contributed by atoms with Crippen molar-refractivity contribution in [2.24, 2.45) is 11.7 Å². The first-order valence-corrected chi connectivity index (χ1v) is 5.65. The molecule has 2 aliphatic carbocycles. The molecule has 0 unspecified atom stereocenters. The number of hydrogen-bond donors (Lipinski definition) is 1. The molecule has 2 N–H and O–H groups in total. The summed E-state index contributed by atoms with van der Waals surface area (Å²) in [6.45, 7) is 0.869. The summed E-state index contributed by atoms with van der Waals surface area (Å²) in [6.07, 6.45) is 5.33. The Hall–Kier alpha value is -0.820. The van der Waals surface area contributed by atoms with Crippen LogP contribution in [0.15, 0.2) is 24.3 Å². The lowest BCUT2D eigenvalue weighted by molar-refractivity contribution is 0.499. The van der Waals surface area contributed by atoms with E-state index >= 15 is 0 Å². The van der Waals surface area contributed by atoms with E-state index in [9.17, 15) is 0 Å². The smallest absolute Gasteiger partial charge is 0.0000168 e. The molecule has 0 aromatic heterocycles. The second-order valence-corrected chi connectivity index (χ2v) is 4.80. The van der Waals surface area contributed by atoms with Gasteiger partial charge in [-0.2, -0.15) is 0 Å². The monoisotopic (exact) mass is 187 g/mol. The minimum Gasteiger partial charge on any atom is -0.330 e. The van der Waals surface area contributed by atoms with Crippen LogP contribution in [0.25, 0.3) is 0 Å². The van der Waals surface area contributed by atoms with E-state index in [1.165, 1.54) is 25.7 Å². The molecule has 1 saturated carbocycles. The van der Waals surface area contributed by atoms with Crippen molar-refractivity contribution in [2.75, 3.05) is 6.54 Å². The summed E-state index contributed by atoms with van der Waals surface area (Å²) in [5.74, 6) is 0.768. The van der Waals surface area contributed by atoms with E-state index in [0.717, 1.165) is 12.5 Å². The molecule has 2 aliphatic rings. The van der Waals surface area contributed by atoms with Crippen molar-refractivity contribution in [3.8, 4) is 0 Å². The molecule has 14 heavy (non-hydrogen) atoms. The summed E-state index contributed by atoms with van der Waals surface area (Å²) >= 11 is 0. The number of fused-ring (bicyclic) bond motifs is 2. The Kier molecular flexibility index (Phi) is 1.72. The number of nitrogens with two attached hydrogens (primary N) is 1. The number of hydrogen-bond acceptors (Lipinski definition) is 1. The first-order chi connectivity index (χ1) is 6.87. The third-order valence-corrected chi connectivity index (χ3v) is 4.14. The molecular weight excluding hydrogens is 170 g/mol. The summed E-state index contributed by atoms with van der Waals surface area (Å²) < 4.78 is 0. The third-order valence-electron chi connectivity index (χ3n) is 4.14. The Morgan fingerprint density at radius 3 is 3.00 bits per heavy atom. The van der Waals surface area contributed by atoms with Crippen LogP contribution in [0.1, 0.15) is 30.4 Å². The van der Waals surface area contributed by atoms with E-state index in [-0.39, 0.29) is 0 Å². The van der Waals surface area contributed by atoms with Gasteiger partial charge in [-0.05, 0) is 54.7 Å². The molecule has 0 amide bonds. The summed E-state index contributed by atoms with van der Waals surface area (Å²) in [5, 5.41) is 0. The van der Waals surface area contributed by atoms with Crippen LogP contribution >= 0.6 is 0 Å². The van der Waals surface area contributed by atoms with Crippen molar-refractivity contribution in [1.82, 2.24) is 0 Å². The van der Waals surface area contributed by atoms with Crippen LogP contribution in [0.2, 0.25) is 0 Å². The normalized spacial score (nSPS) is 34.2. The molecular formula is C13H17N. The lowest BCUT2D eigenvalue weighted by atomic mass is 9.79. The lowest BCUT2D eigenvalue weighted by Gasteiger charge is -2.26. The summed E-state index contributed by atoms with van der Waals surface area (Å²) in [5.41, 5.74) is 9.49. The standard InChI is InChI=1S/C13H17N/c14-9-11-8-13(11)7-3-5-10-4-1-2-6-12(10)13/h1-2,4,6,11H,3,5,7-9,14H2/t11-,13+/m0/s1. The highest BCUT2D eigenvalue weighted by Gasteiger charge is 2.55. The van der Waals surface area contributed by atoms with Gasteiger partial charge in [-0.1, -0.05) is 24.3 Å². The minimum atomic E-state index is 0.504. The molecule has 0 radical (unpaired) electrons. The molecule has 0 saturated heterocycles. The number of rotatable bonds is 1. The van der Waals surface area contributed by atoms with Gasteiger partial charge in [-0.15, -0.1) is 0 Å². The van der Waals surface area contributed by atoms with E-state index in [1.54, 1.807) is 11.1 Å². The van der Waals surface area contributed by atoms with Crippen molar-refractivity contribution in [3.05, 3.63) is 35.4 Å². The van der Waals surface area contributed by atoms with Gasteiger partial charge in [-0.3, -0.25) is 0 Å². The van der Waals surface area contributed by atoms with Crippen LogP contribution in [0.5, 0.6) is 0 Å². The quantitative estimate of drug-likeness (QED) is 0.717. The maximum absolute atomic E-state index is 5.80. The van der Waals surface area contributed by atoms with Crippen LogP contribution < -0.4 is 5.73 Å². The Morgan fingerprint density at radius 2 is 2.21 bits per heavy atom. The maximum Gasteiger partial charge on any atom is -0.0000168 e. The zero-order valence-electron chi connectivity index (χ0n) is 8.50. The van der Waals surface area contributed by atoms with Gasteiger partial charge >= 0.3 is 0 Å². The van der Waals surface area contributed by atoms with Crippen LogP contribution in [-0.2, 0) is 11.8 Å². The Labute approximate surface area is 85.3 Å². The highest BCUT2D eigenvalue weighted by molar-refractivity contribution is 5.42. The van der Waals surface area contributed by atoms with Gasteiger partial charge in [0.25, 0.3) is 0 Å². The average Bonchev–Trinajstić information content (AvgIpc) is 2.94. The molecule has 1 nitrogen and oxygen atoms in total. The zero-order valence-corrected chi connectivity index (χ0v) is 8.50. The molecule has 1 aromatic carbocycles. The molecule has 1 heteroatoms. The first-order valence-electron chi connectivity index (χ1n) is 5.65. The van der Waals surface area contributed by atoms with E-state index in [1.807, 2.05) is 0 Å². The van der Waals surface area contributed by atoms with Crippen molar-refractivity contribution in [1.29, 1.82) is 0 Å². The van der Waals surface area contributed by atoms with E-state index < -0.39 is 0 Å². The number of benzene rings is 1. The minimum absolute atomic E-state index is 0.504. The van der Waals surface area contributed by atoms with Crippen LogP contribution in [0.3, 0.4) is 0 Å². The largest absolute Gasteiger partial charge is 0.330 e. The molecule has 74 valence electrons. The fraction of sp³-hybridized carbons (Fsp3) is 0.538. The Bertz CT molecular complexity index is 358. The van der Waals surface area contributed by atoms with Crippen LogP contribution in [0, 0.1) is 5.92 Å². The van der Waals surface area contributed by atoms with Gasteiger partial charge in [0.1, 0.15) is 0 Å². The van der Waals surface area contributed by atoms with Gasteiger partial charge < -0.3 is 5.73 Å². The fourth-order valence-electron chi connectivity index (χ4n) is 3.28. The summed E-state index contributed by atoms with van der Waals surface area (Å²) in [4.78, 5) is 0. The summed E-state index contributed by atoms with van der Waals surface area (Å²) in [7, 11) is 0. The second-order valence-electron chi connectivity index (χ2n) is 4.80. The topological polar surface area (TPSA) is 26.0 Å². The highest BCUT2D eigenvalue weighted by atomic mass is 14.7. The third kappa shape index (κ3) is 0.992. The van der Waals surface area contributed by atoms with Crippen molar-refractivity contribution in [2.45, 2.75) is 31.1 Å². The molecule has 3 rings (SSSR count). The molecule has 1 aromatic rings. The van der Waals surface area contributed by atoms with Gasteiger partial charge in [0, 0.05) is 0 Å². The molecule has 0 heterocycles. The average molecular weight is 187 g/mol. The highest BCUT2D eigenvalue weighted by Crippen LogP contribution is 2.59. The SMILES string of the molecule is NC[C@@H]1C[C@]12CCCc1ccccc12. The molecule has 2 atom stereocenters. The van der Waals surface area contributed by atoms with Gasteiger partial charge in [-0.25, -0.2) is 0 Å². The Balaban J connectivity index is 2.05. The van der Waals surface area contributed by atoms with Crippen LogP contribution in [0.4, 0.5) is 0 Å². The molecule has 1 fully saturated rings. The fourth-order valence-corrected chi connectivity index (χ4v) is 3.28. The number of aryl methyl sites for hydroxylation is 1. The zero-order chi connectivity index (χ0) is 9.60. The maximum atomic E-state index is 5.80. The van der Waals surface area contributed by atoms with Crippen molar-refractivity contribution >= 4 is 0 Å². The van der Waals surface area contributed by atoms with Crippen molar-refractivity contribution < 1.29 is 0 Å². The predicted molar refractivity (Wildman–Crippen MR) is 58.2 cm³/mol. The van der Waals surface area contributed by atoms with Gasteiger partial charge in [0.05, 0.1) is 0 Å². The van der Waals surface area contributed by atoms with Gasteiger partial charge in [0.2, 0.25) is 0 Å². The van der Waals surface area contributed by atoms with Gasteiger partial charge in [0.15, 0.2) is 0 Å². The Morgan fingerprint density at radius 1 is 1.36 bits per heavy atom. The van der Waals surface area contributed by atoms with E-state index in [2.05, 4.69) is 24.3 Å². The van der Waals surface area contributed by atoms with E-state index in [4.69, 9.17) is 5.73 Å². The van der Waals surface area contributed by atoms with Crippen LogP contribution in [-0.4, -0.2) is 6.54 Å². The molecule has 1 spiro atoms.